The van der Waals surface area contributed by atoms with Gasteiger partial charge >= 0.3 is 0 Å². The fraction of sp³-hybridized carbons (Fsp3) is 0.235. The first-order valence-electron chi connectivity index (χ1n) is 6.48. The molecular weight excluding hydrogens is 250 g/mol. The number of aryl methyl sites for hydroxylation is 2. The second-order valence-electron chi connectivity index (χ2n) is 4.61. The normalized spacial score (nSPS) is 10.8. The van der Waals surface area contributed by atoms with Crippen LogP contribution in [-0.4, -0.2) is 20.4 Å². The van der Waals surface area contributed by atoms with Gasteiger partial charge in [-0.3, -0.25) is 4.99 Å². The Morgan fingerprint density at radius 3 is 2.15 bits per heavy atom. The van der Waals surface area contributed by atoms with Gasteiger partial charge in [-0.05, 0) is 48.7 Å². The number of aliphatic imine (C=N–C) groups is 1. The maximum atomic E-state index is 5.29. The summed E-state index contributed by atoms with van der Waals surface area (Å²) in [4.78, 5) is 4.59. The van der Waals surface area contributed by atoms with Crippen molar-refractivity contribution in [1.82, 2.24) is 0 Å². The highest BCUT2D eigenvalue weighted by Gasteiger charge is 2.03. The quantitative estimate of drug-likeness (QED) is 0.783. The second kappa shape index (κ2) is 6.24. The molecule has 3 nitrogen and oxygen atoms in total. The molecule has 2 rings (SSSR count). The van der Waals surface area contributed by atoms with E-state index >= 15 is 0 Å². The molecule has 2 aromatic rings. The molecule has 0 aromatic heterocycles. The molecule has 3 heteroatoms. The Kier molecular flexibility index (Phi) is 4.41. The van der Waals surface area contributed by atoms with Gasteiger partial charge in [0.05, 0.1) is 19.9 Å². The van der Waals surface area contributed by atoms with Gasteiger partial charge in [-0.2, -0.15) is 0 Å². The fourth-order valence-electron chi connectivity index (χ4n) is 2.08. The third-order valence-electron chi connectivity index (χ3n) is 3.19. The van der Waals surface area contributed by atoms with Gasteiger partial charge in [0.1, 0.15) is 0 Å². The summed E-state index contributed by atoms with van der Waals surface area (Å²) >= 11 is 0. The summed E-state index contributed by atoms with van der Waals surface area (Å²) in [7, 11) is 3.26. The van der Waals surface area contributed by atoms with E-state index in [2.05, 4.69) is 31.0 Å². The Hall–Kier alpha value is -2.29. The molecule has 0 amide bonds. The lowest BCUT2D eigenvalue weighted by Gasteiger charge is -2.08. The molecule has 0 saturated heterocycles. The zero-order chi connectivity index (χ0) is 14.5. The molecule has 0 atom stereocenters. The number of benzene rings is 2. The summed E-state index contributed by atoms with van der Waals surface area (Å²) in [5, 5.41) is 0. The molecule has 20 heavy (non-hydrogen) atoms. The molecule has 0 spiro atoms. The monoisotopic (exact) mass is 269 g/mol. The van der Waals surface area contributed by atoms with E-state index in [1.165, 1.54) is 11.1 Å². The minimum Gasteiger partial charge on any atom is -0.493 e. The van der Waals surface area contributed by atoms with Crippen LogP contribution in [0.15, 0.2) is 41.4 Å². The molecule has 0 heterocycles. The first-order valence-corrected chi connectivity index (χ1v) is 6.48. The van der Waals surface area contributed by atoms with Crippen LogP contribution < -0.4 is 9.47 Å². The molecule has 104 valence electrons. The van der Waals surface area contributed by atoms with Crippen LogP contribution in [0.5, 0.6) is 11.5 Å². The van der Waals surface area contributed by atoms with Crippen LogP contribution in [0.1, 0.15) is 16.7 Å². The van der Waals surface area contributed by atoms with Crippen molar-refractivity contribution in [2.24, 2.45) is 4.99 Å². The predicted molar refractivity (Wildman–Crippen MR) is 82.7 cm³/mol. The van der Waals surface area contributed by atoms with Crippen molar-refractivity contribution in [3.8, 4) is 11.5 Å². The van der Waals surface area contributed by atoms with Crippen molar-refractivity contribution in [2.75, 3.05) is 14.2 Å². The lowest BCUT2D eigenvalue weighted by atomic mass is 10.1. The van der Waals surface area contributed by atoms with Crippen LogP contribution >= 0.6 is 0 Å². The van der Waals surface area contributed by atoms with Gasteiger partial charge in [-0.1, -0.05) is 18.2 Å². The first kappa shape index (κ1) is 14.1. The Balaban J connectivity index is 2.32. The molecule has 0 bridgehead atoms. The van der Waals surface area contributed by atoms with Crippen LogP contribution in [0, 0.1) is 13.8 Å². The summed E-state index contributed by atoms with van der Waals surface area (Å²) in [6.07, 6.45) is 1.84. The van der Waals surface area contributed by atoms with Gasteiger partial charge in [0, 0.05) is 6.21 Å². The highest BCUT2D eigenvalue weighted by atomic mass is 16.5. The van der Waals surface area contributed by atoms with Gasteiger partial charge in [0.15, 0.2) is 11.5 Å². The lowest BCUT2D eigenvalue weighted by Crippen LogP contribution is -1.92. The highest BCUT2D eigenvalue weighted by Crippen LogP contribution is 2.28. The summed E-state index contributed by atoms with van der Waals surface area (Å²) in [6.45, 7) is 4.13. The van der Waals surface area contributed by atoms with Crippen molar-refractivity contribution in [3.63, 3.8) is 0 Å². The van der Waals surface area contributed by atoms with Crippen molar-refractivity contribution in [1.29, 1.82) is 0 Å². The number of hydrogen-bond donors (Lipinski definition) is 0. The lowest BCUT2D eigenvalue weighted by molar-refractivity contribution is 0.355. The van der Waals surface area contributed by atoms with E-state index in [-0.39, 0.29) is 0 Å². The molecule has 0 radical (unpaired) electrons. The van der Waals surface area contributed by atoms with Crippen molar-refractivity contribution < 1.29 is 9.47 Å². The van der Waals surface area contributed by atoms with E-state index in [1.54, 1.807) is 14.2 Å². The van der Waals surface area contributed by atoms with Gasteiger partial charge < -0.3 is 9.47 Å². The van der Waals surface area contributed by atoms with Crippen molar-refractivity contribution in [2.45, 2.75) is 13.8 Å². The van der Waals surface area contributed by atoms with Crippen LogP contribution in [0.3, 0.4) is 0 Å². The Bertz CT molecular complexity index is 613. The van der Waals surface area contributed by atoms with E-state index in [1.807, 2.05) is 30.5 Å². The molecule has 0 N–H and O–H groups in total. The summed E-state index contributed by atoms with van der Waals surface area (Å²) in [5.74, 6) is 1.43. The Labute approximate surface area is 119 Å². The predicted octanol–water partition coefficient (Wildman–Crippen LogP) is 4.07. The standard InChI is InChI=1S/C17H19NO2/c1-12-6-5-7-13(2)17(12)18-11-14-8-9-15(19-3)16(10-14)20-4/h5-11H,1-4H3. The SMILES string of the molecule is COc1ccc(C=Nc2c(C)cccc2C)cc1OC. The number of nitrogens with zero attached hydrogens (tertiary/aromatic N) is 1. The number of para-hydroxylation sites is 1. The maximum Gasteiger partial charge on any atom is 0.161 e. The highest BCUT2D eigenvalue weighted by molar-refractivity contribution is 5.83. The van der Waals surface area contributed by atoms with Gasteiger partial charge in [0.2, 0.25) is 0 Å². The fourth-order valence-corrected chi connectivity index (χ4v) is 2.08. The average Bonchev–Trinajstić information content (AvgIpc) is 2.46. The molecule has 0 fully saturated rings. The zero-order valence-corrected chi connectivity index (χ0v) is 12.3. The zero-order valence-electron chi connectivity index (χ0n) is 12.3. The second-order valence-corrected chi connectivity index (χ2v) is 4.61. The number of rotatable bonds is 4. The van der Waals surface area contributed by atoms with E-state index in [9.17, 15) is 0 Å². The van der Waals surface area contributed by atoms with E-state index < -0.39 is 0 Å². The largest absolute Gasteiger partial charge is 0.493 e. The molecular formula is C17H19NO2. The van der Waals surface area contributed by atoms with Crippen molar-refractivity contribution in [3.05, 3.63) is 53.1 Å². The molecule has 0 unspecified atom stereocenters. The molecule has 2 aromatic carbocycles. The van der Waals surface area contributed by atoms with Gasteiger partial charge in [-0.25, -0.2) is 0 Å². The van der Waals surface area contributed by atoms with E-state index in [4.69, 9.17) is 9.47 Å². The minimum absolute atomic E-state index is 0.706. The smallest absolute Gasteiger partial charge is 0.161 e. The van der Waals surface area contributed by atoms with Crippen LogP contribution in [-0.2, 0) is 0 Å². The van der Waals surface area contributed by atoms with E-state index in [0.717, 1.165) is 17.0 Å². The van der Waals surface area contributed by atoms with Gasteiger partial charge in [-0.15, -0.1) is 0 Å². The van der Waals surface area contributed by atoms with E-state index in [0.29, 0.717) is 5.75 Å². The molecule has 0 aliphatic carbocycles. The third kappa shape index (κ3) is 2.99. The van der Waals surface area contributed by atoms with Crippen LogP contribution in [0.2, 0.25) is 0 Å². The maximum absolute atomic E-state index is 5.29. The minimum atomic E-state index is 0.706. The number of hydrogen-bond acceptors (Lipinski definition) is 3. The Morgan fingerprint density at radius 2 is 1.55 bits per heavy atom. The molecule has 0 aliphatic heterocycles. The molecule has 0 aliphatic rings. The van der Waals surface area contributed by atoms with Crippen LogP contribution in [0.25, 0.3) is 0 Å². The topological polar surface area (TPSA) is 30.8 Å². The molecule has 0 saturated carbocycles. The first-order chi connectivity index (χ1) is 9.65. The van der Waals surface area contributed by atoms with Gasteiger partial charge in [0.25, 0.3) is 0 Å². The average molecular weight is 269 g/mol. The van der Waals surface area contributed by atoms with Crippen molar-refractivity contribution >= 4 is 11.9 Å². The number of methoxy groups -OCH3 is 2. The summed E-state index contributed by atoms with van der Waals surface area (Å²) in [5.41, 5.74) is 4.33. The third-order valence-corrected chi connectivity index (χ3v) is 3.19. The van der Waals surface area contributed by atoms with Crippen LogP contribution in [0.4, 0.5) is 5.69 Å². The summed E-state index contributed by atoms with van der Waals surface area (Å²) in [6, 6.07) is 11.9. The number of ether oxygens (including phenoxy) is 2. The summed E-state index contributed by atoms with van der Waals surface area (Å²) < 4.78 is 10.5. The Morgan fingerprint density at radius 1 is 0.900 bits per heavy atom.